The van der Waals surface area contributed by atoms with Crippen LogP contribution in [0.4, 0.5) is 4.39 Å². The lowest BCUT2D eigenvalue weighted by Crippen LogP contribution is -2.14. The number of benzene rings is 1. The molecule has 0 saturated carbocycles. The Kier molecular flexibility index (Phi) is 5.07. The minimum absolute atomic E-state index is 0.114. The first-order chi connectivity index (χ1) is 13.6. The van der Waals surface area contributed by atoms with Gasteiger partial charge in [0.25, 0.3) is 16.7 Å². The van der Waals surface area contributed by atoms with Crippen LogP contribution in [0.2, 0.25) is 0 Å². The van der Waals surface area contributed by atoms with Crippen LogP contribution >= 0.6 is 11.8 Å². The van der Waals surface area contributed by atoms with Crippen LogP contribution < -0.4 is 10.3 Å². The number of nitrogens with zero attached hydrogens (tertiary/aromatic N) is 4. The second-order valence-corrected chi connectivity index (χ2v) is 6.83. The number of aromatic nitrogens is 4. The molecule has 0 aliphatic rings. The Bertz CT molecular complexity index is 1180. The molecule has 0 bridgehead atoms. The summed E-state index contributed by atoms with van der Waals surface area (Å²) in [6, 6.07) is 12.9. The molecule has 0 aliphatic heterocycles. The molecule has 0 aliphatic carbocycles. The van der Waals surface area contributed by atoms with E-state index in [1.54, 1.807) is 37.4 Å². The molecule has 3 aromatic heterocycles. The average Bonchev–Trinajstić information content (AvgIpc) is 3.17. The maximum atomic E-state index is 13.7. The van der Waals surface area contributed by atoms with Crippen LogP contribution in [0.3, 0.4) is 0 Å². The van der Waals surface area contributed by atoms with Crippen LogP contribution in [0.15, 0.2) is 69.2 Å². The largest absolute Gasteiger partial charge is 0.478 e. The fraction of sp³-hybridized carbons (Fsp3) is 0.158. The standard InChI is InChI=1S/C19H15FN4O3S/c1-12(26-15-7-3-2-6-14(15)20)18-22-23-19(27-18)28-11-13-10-17(25)24-9-5-4-8-16(24)21-13/h2-10,12H,11H2,1H3/t12-/m0/s1. The molecule has 0 saturated heterocycles. The molecule has 0 radical (unpaired) electrons. The van der Waals surface area contributed by atoms with E-state index in [9.17, 15) is 9.18 Å². The van der Waals surface area contributed by atoms with E-state index in [1.165, 1.54) is 34.4 Å². The Balaban J connectivity index is 1.44. The summed E-state index contributed by atoms with van der Waals surface area (Å²) in [6.07, 6.45) is 1.06. The molecular formula is C19H15FN4O3S. The van der Waals surface area contributed by atoms with Gasteiger partial charge < -0.3 is 9.15 Å². The molecule has 0 N–H and O–H groups in total. The van der Waals surface area contributed by atoms with Gasteiger partial charge in [-0.1, -0.05) is 30.0 Å². The van der Waals surface area contributed by atoms with Gasteiger partial charge in [0.2, 0.25) is 0 Å². The summed E-state index contributed by atoms with van der Waals surface area (Å²) in [5.74, 6) is 0.280. The number of hydrogen-bond acceptors (Lipinski definition) is 7. The van der Waals surface area contributed by atoms with Gasteiger partial charge in [0.15, 0.2) is 17.7 Å². The van der Waals surface area contributed by atoms with Crippen molar-refractivity contribution in [1.29, 1.82) is 0 Å². The highest BCUT2D eigenvalue weighted by Gasteiger charge is 2.17. The summed E-state index contributed by atoms with van der Waals surface area (Å²) in [5.41, 5.74) is 1.03. The van der Waals surface area contributed by atoms with Crippen LogP contribution in [-0.2, 0) is 5.75 Å². The van der Waals surface area contributed by atoms with Gasteiger partial charge in [0.1, 0.15) is 5.65 Å². The third-order valence-corrected chi connectivity index (χ3v) is 4.73. The number of thioether (sulfide) groups is 1. The van der Waals surface area contributed by atoms with E-state index in [-0.39, 0.29) is 17.2 Å². The van der Waals surface area contributed by atoms with Crippen molar-refractivity contribution in [2.24, 2.45) is 0 Å². The number of ether oxygens (including phenoxy) is 1. The van der Waals surface area contributed by atoms with Gasteiger partial charge in [0.05, 0.1) is 5.69 Å². The minimum atomic E-state index is -0.609. The van der Waals surface area contributed by atoms with Gasteiger partial charge in [-0.25, -0.2) is 9.37 Å². The van der Waals surface area contributed by atoms with E-state index in [0.29, 0.717) is 22.3 Å². The zero-order valence-corrected chi connectivity index (χ0v) is 15.6. The Morgan fingerprint density at radius 2 is 2.04 bits per heavy atom. The van der Waals surface area contributed by atoms with Crippen LogP contribution in [-0.4, -0.2) is 19.6 Å². The normalized spacial score (nSPS) is 12.2. The highest BCUT2D eigenvalue weighted by molar-refractivity contribution is 7.98. The predicted molar refractivity (Wildman–Crippen MR) is 101 cm³/mol. The van der Waals surface area contributed by atoms with Crippen LogP contribution in [0.5, 0.6) is 5.75 Å². The van der Waals surface area contributed by atoms with Crippen molar-refractivity contribution in [3.63, 3.8) is 0 Å². The number of fused-ring (bicyclic) bond motifs is 1. The van der Waals surface area contributed by atoms with E-state index in [2.05, 4.69) is 15.2 Å². The van der Waals surface area contributed by atoms with E-state index in [1.807, 2.05) is 6.07 Å². The molecule has 0 unspecified atom stereocenters. The molecule has 1 aromatic carbocycles. The van der Waals surface area contributed by atoms with Gasteiger partial charge in [-0.05, 0) is 31.2 Å². The molecule has 9 heteroatoms. The summed E-state index contributed by atoms with van der Waals surface area (Å²) in [7, 11) is 0. The Hall–Kier alpha value is -3.20. The molecule has 0 spiro atoms. The highest BCUT2D eigenvalue weighted by atomic mass is 32.2. The number of para-hydroxylation sites is 1. The molecule has 4 rings (SSSR count). The summed E-state index contributed by atoms with van der Waals surface area (Å²) in [6.45, 7) is 1.69. The van der Waals surface area contributed by atoms with E-state index in [0.717, 1.165) is 0 Å². The third-order valence-electron chi connectivity index (χ3n) is 3.88. The van der Waals surface area contributed by atoms with E-state index < -0.39 is 11.9 Å². The molecule has 28 heavy (non-hydrogen) atoms. The monoisotopic (exact) mass is 398 g/mol. The van der Waals surface area contributed by atoms with Crippen LogP contribution in [0.25, 0.3) is 5.65 Å². The zero-order valence-electron chi connectivity index (χ0n) is 14.8. The average molecular weight is 398 g/mol. The van der Waals surface area contributed by atoms with Crippen molar-refractivity contribution in [3.05, 3.63) is 82.5 Å². The number of pyridine rings is 1. The number of rotatable bonds is 6. The minimum Gasteiger partial charge on any atom is -0.478 e. The molecule has 4 aromatic rings. The Morgan fingerprint density at radius 1 is 1.21 bits per heavy atom. The van der Waals surface area contributed by atoms with Crippen molar-refractivity contribution in [2.75, 3.05) is 0 Å². The SMILES string of the molecule is C[C@H](Oc1ccccc1F)c1nnc(SCc2cc(=O)n3ccccc3n2)o1. The topological polar surface area (TPSA) is 82.5 Å². The first-order valence-corrected chi connectivity index (χ1v) is 9.43. The quantitative estimate of drug-likeness (QED) is 0.459. The zero-order chi connectivity index (χ0) is 19.5. The molecule has 0 amide bonds. The Labute approximate surface area is 163 Å². The molecule has 7 nitrogen and oxygen atoms in total. The lowest BCUT2D eigenvalue weighted by atomic mass is 10.3. The van der Waals surface area contributed by atoms with Crippen molar-refractivity contribution in [1.82, 2.24) is 19.6 Å². The van der Waals surface area contributed by atoms with Crippen molar-refractivity contribution in [3.8, 4) is 5.75 Å². The molecular weight excluding hydrogens is 383 g/mol. The maximum Gasteiger partial charge on any atom is 0.277 e. The first-order valence-electron chi connectivity index (χ1n) is 8.45. The third kappa shape index (κ3) is 3.89. The fourth-order valence-electron chi connectivity index (χ4n) is 2.54. The van der Waals surface area contributed by atoms with Crippen molar-refractivity contribution in [2.45, 2.75) is 24.0 Å². The van der Waals surface area contributed by atoms with Gasteiger partial charge in [-0.3, -0.25) is 9.20 Å². The van der Waals surface area contributed by atoms with Crippen LogP contribution in [0.1, 0.15) is 24.6 Å². The lowest BCUT2D eigenvalue weighted by Gasteiger charge is -2.11. The van der Waals surface area contributed by atoms with E-state index >= 15 is 0 Å². The summed E-state index contributed by atoms with van der Waals surface area (Å²) in [4.78, 5) is 16.6. The molecule has 142 valence electrons. The van der Waals surface area contributed by atoms with Gasteiger partial charge in [0, 0.05) is 18.0 Å². The summed E-state index contributed by atoms with van der Waals surface area (Å²) in [5, 5.41) is 8.23. The fourth-order valence-corrected chi connectivity index (χ4v) is 3.20. The molecule has 1 atom stereocenters. The Morgan fingerprint density at radius 3 is 2.89 bits per heavy atom. The van der Waals surface area contributed by atoms with Gasteiger partial charge in [-0.2, -0.15) is 0 Å². The van der Waals surface area contributed by atoms with Crippen LogP contribution in [0, 0.1) is 5.82 Å². The van der Waals surface area contributed by atoms with E-state index in [4.69, 9.17) is 9.15 Å². The highest BCUT2D eigenvalue weighted by Crippen LogP contribution is 2.26. The summed E-state index contributed by atoms with van der Waals surface area (Å²) >= 11 is 1.26. The summed E-state index contributed by atoms with van der Waals surface area (Å²) < 4.78 is 26.3. The van der Waals surface area contributed by atoms with Crippen molar-refractivity contribution >= 4 is 17.4 Å². The predicted octanol–water partition coefficient (Wildman–Crippen LogP) is 3.65. The molecule has 0 fully saturated rings. The number of halogens is 1. The first kappa shape index (κ1) is 18.2. The maximum absolute atomic E-state index is 13.7. The van der Waals surface area contributed by atoms with Gasteiger partial charge >= 0.3 is 0 Å². The molecule has 3 heterocycles. The smallest absolute Gasteiger partial charge is 0.277 e. The second-order valence-electron chi connectivity index (χ2n) is 5.90. The lowest BCUT2D eigenvalue weighted by molar-refractivity contribution is 0.174. The number of hydrogen-bond donors (Lipinski definition) is 0. The van der Waals surface area contributed by atoms with Crippen molar-refractivity contribution < 1.29 is 13.5 Å². The van der Waals surface area contributed by atoms with Gasteiger partial charge in [-0.15, -0.1) is 10.2 Å². The second kappa shape index (κ2) is 7.81.